The summed E-state index contributed by atoms with van der Waals surface area (Å²) in [4.78, 5) is 8.68. The van der Waals surface area contributed by atoms with Gasteiger partial charge in [0.15, 0.2) is 0 Å². The normalized spacial score (nSPS) is 11.2. The Hall–Kier alpha value is -1.88. The second-order valence-corrected chi connectivity index (χ2v) is 6.13. The van der Waals surface area contributed by atoms with Crippen LogP contribution in [0.3, 0.4) is 0 Å². The fourth-order valence-corrected chi connectivity index (χ4v) is 3.31. The molecule has 108 valence electrons. The van der Waals surface area contributed by atoms with E-state index in [4.69, 9.17) is 0 Å². The van der Waals surface area contributed by atoms with Crippen molar-refractivity contribution in [3.05, 3.63) is 53.0 Å². The fraction of sp³-hybridized carbons (Fsp3) is 0.312. The molecule has 2 heterocycles. The van der Waals surface area contributed by atoms with Gasteiger partial charge >= 0.3 is 0 Å². The van der Waals surface area contributed by atoms with E-state index in [0.29, 0.717) is 5.78 Å². The average molecular weight is 298 g/mol. The summed E-state index contributed by atoms with van der Waals surface area (Å²) < 4.78 is 1.81. The molecule has 0 aliphatic carbocycles. The minimum Gasteiger partial charge on any atom is -0.216 e. The number of nitrogens with zero attached hydrogens (tertiary/aromatic N) is 4. The zero-order valence-electron chi connectivity index (χ0n) is 12.5. The Morgan fingerprint density at radius 1 is 1.19 bits per heavy atom. The molecular formula is C16H18N4S. The number of rotatable bonds is 4. The minimum atomic E-state index is 0.679. The van der Waals surface area contributed by atoms with Gasteiger partial charge in [-0.2, -0.15) is 14.6 Å². The van der Waals surface area contributed by atoms with Crippen LogP contribution in [0, 0.1) is 13.8 Å². The van der Waals surface area contributed by atoms with Crippen LogP contribution in [0.15, 0.2) is 35.6 Å². The number of hydrogen-bond acceptors (Lipinski definition) is 4. The third kappa shape index (κ3) is 2.93. The largest absolute Gasteiger partial charge is 0.253 e. The molecule has 0 amide bonds. The second kappa shape index (κ2) is 5.85. The molecule has 3 aromatic rings. The molecule has 0 bridgehead atoms. The van der Waals surface area contributed by atoms with Crippen LogP contribution >= 0.6 is 11.8 Å². The van der Waals surface area contributed by atoms with Gasteiger partial charge < -0.3 is 0 Å². The van der Waals surface area contributed by atoms with Crippen LogP contribution < -0.4 is 0 Å². The maximum absolute atomic E-state index is 4.48. The zero-order chi connectivity index (χ0) is 14.8. The van der Waals surface area contributed by atoms with E-state index in [9.17, 15) is 0 Å². The molecule has 3 rings (SSSR count). The van der Waals surface area contributed by atoms with E-state index < -0.39 is 0 Å². The van der Waals surface area contributed by atoms with Crippen LogP contribution in [0.5, 0.6) is 0 Å². The van der Waals surface area contributed by atoms with Crippen LogP contribution in [-0.4, -0.2) is 19.6 Å². The highest BCUT2D eigenvalue weighted by atomic mass is 32.2. The molecule has 1 aromatic carbocycles. The molecule has 5 heteroatoms. The number of fused-ring (bicyclic) bond motifs is 1. The molecule has 0 saturated heterocycles. The zero-order valence-corrected chi connectivity index (χ0v) is 13.3. The molecule has 0 radical (unpaired) electrons. The molecule has 0 aliphatic heterocycles. The fourth-order valence-electron chi connectivity index (χ4n) is 2.22. The Kier molecular flexibility index (Phi) is 3.92. The van der Waals surface area contributed by atoms with Crippen molar-refractivity contribution in [1.29, 1.82) is 0 Å². The maximum atomic E-state index is 4.48. The Balaban J connectivity index is 1.91. The quantitative estimate of drug-likeness (QED) is 0.545. The highest BCUT2D eigenvalue weighted by Crippen LogP contribution is 2.25. The number of aromatic nitrogens is 4. The Bertz CT molecular complexity index is 779. The lowest BCUT2D eigenvalue weighted by Crippen LogP contribution is -1.99. The second-order valence-electron chi connectivity index (χ2n) is 5.13. The molecule has 0 spiro atoms. The molecule has 0 N–H and O–H groups in total. The highest BCUT2D eigenvalue weighted by molar-refractivity contribution is 7.98. The summed E-state index contributed by atoms with van der Waals surface area (Å²) in [6.07, 6.45) is 2.46. The molecular weight excluding hydrogens is 280 g/mol. The average Bonchev–Trinajstić information content (AvgIpc) is 2.96. The summed E-state index contributed by atoms with van der Waals surface area (Å²) in [7, 11) is 0. The first kappa shape index (κ1) is 14.1. The summed E-state index contributed by atoms with van der Waals surface area (Å²) >= 11 is 1.78. The molecule has 0 saturated carbocycles. The van der Waals surface area contributed by atoms with Gasteiger partial charge in [-0.05, 0) is 37.5 Å². The van der Waals surface area contributed by atoms with Crippen molar-refractivity contribution >= 4 is 17.5 Å². The van der Waals surface area contributed by atoms with Gasteiger partial charge in [0.2, 0.25) is 0 Å². The predicted molar refractivity (Wildman–Crippen MR) is 85.6 cm³/mol. The van der Waals surface area contributed by atoms with E-state index >= 15 is 0 Å². The number of aryl methyl sites for hydroxylation is 3. The van der Waals surface area contributed by atoms with Crippen LogP contribution in [0.25, 0.3) is 5.78 Å². The monoisotopic (exact) mass is 298 g/mol. The lowest BCUT2D eigenvalue weighted by molar-refractivity contribution is 0.822. The molecule has 21 heavy (non-hydrogen) atoms. The summed E-state index contributed by atoms with van der Waals surface area (Å²) in [5.74, 6) is 1.60. The van der Waals surface area contributed by atoms with Gasteiger partial charge in [-0.15, -0.1) is 11.8 Å². The Morgan fingerprint density at radius 2 is 2.05 bits per heavy atom. The molecule has 0 aliphatic rings. The van der Waals surface area contributed by atoms with Crippen molar-refractivity contribution in [2.75, 3.05) is 0 Å². The first-order valence-corrected chi connectivity index (χ1v) is 8.04. The first-order valence-electron chi connectivity index (χ1n) is 7.06. The number of thioether (sulfide) groups is 1. The van der Waals surface area contributed by atoms with Gasteiger partial charge in [0.1, 0.15) is 11.4 Å². The molecule has 0 atom stereocenters. The van der Waals surface area contributed by atoms with Crippen molar-refractivity contribution in [3.63, 3.8) is 0 Å². The molecule has 4 nitrogen and oxygen atoms in total. The summed E-state index contributed by atoms with van der Waals surface area (Å²) in [5, 5.41) is 5.36. The smallest absolute Gasteiger partial charge is 0.216 e. The third-order valence-electron chi connectivity index (χ3n) is 3.51. The van der Waals surface area contributed by atoms with Crippen LogP contribution in [0.1, 0.15) is 29.3 Å². The third-order valence-corrected chi connectivity index (χ3v) is 4.56. The van der Waals surface area contributed by atoms with Crippen LogP contribution in [0.4, 0.5) is 0 Å². The summed E-state index contributed by atoms with van der Waals surface area (Å²) in [6, 6.07) is 8.70. The number of hydrogen-bond donors (Lipinski definition) is 0. The van der Waals surface area contributed by atoms with Gasteiger partial charge in [0.05, 0.1) is 0 Å². The Labute approximate surface area is 128 Å². The van der Waals surface area contributed by atoms with Crippen LogP contribution in [-0.2, 0) is 12.2 Å². The van der Waals surface area contributed by atoms with E-state index in [1.54, 1.807) is 18.1 Å². The Morgan fingerprint density at radius 3 is 2.86 bits per heavy atom. The van der Waals surface area contributed by atoms with Gasteiger partial charge in [-0.3, -0.25) is 0 Å². The van der Waals surface area contributed by atoms with E-state index in [0.717, 1.165) is 22.9 Å². The molecule has 2 aromatic heterocycles. The number of benzene rings is 1. The summed E-state index contributed by atoms with van der Waals surface area (Å²) in [5.41, 5.74) is 5.04. The van der Waals surface area contributed by atoms with Gasteiger partial charge in [-0.25, -0.2) is 4.98 Å². The highest BCUT2D eigenvalue weighted by Gasteiger charge is 2.08. The van der Waals surface area contributed by atoms with Crippen molar-refractivity contribution in [2.45, 2.75) is 38.0 Å². The standard InChI is InChI=1S/C16H18N4S/c1-4-14-8-15(20-16(19-14)17-10-18-20)21-9-13-7-11(2)5-6-12(13)3/h5-8,10H,4,9H2,1-3H3. The first-order chi connectivity index (χ1) is 10.2. The van der Waals surface area contributed by atoms with Gasteiger partial charge in [0.25, 0.3) is 5.78 Å². The lowest BCUT2D eigenvalue weighted by atomic mass is 10.1. The van der Waals surface area contributed by atoms with E-state index in [1.165, 1.54) is 16.7 Å². The van der Waals surface area contributed by atoms with E-state index in [1.807, 2.05) is 4.52 Å². The van der Waals surface area contributed by atoms with E-state index in [-0.39, 0.29) is 0 Å². The van der Waals surface area contributed by atoms with Crippen molar-refractivity contribution in [2.24, 2.45) is 0 Å². The van der Waals surface area contributed by atoms with Crippen molar-refractivity contribution < 1.29 is 0 Å². The van der Waals surface area contributed by atoms with Crippen molar-refractivity contribution in [3.8, 4) is 0 Å². The predicted octanol–water partition coefficient (Wildman–Crippen LogP) is 3.60. The topological polar surface area (TPSA) is 43.1 Å². The molecule has 0 fully saturated rings. The van der Waals surface area contributed by atoms with Crippen LogP contribution in [0.2, 0.25) is 0 Å². The van der Waals surface area contributed by atoms with Gasteiger partial charge in [0, 0.05) is 11.4 Å². The molecule has 0 unspecified atom stereocenters. The van der Waals surface area contributed by atoms with Crippen molar-refractivity contribution in [1.82, 2.24) is 19.6 Å². The van der Waals surface area contributed by atoms with Gasteiger partial charge in [-0.1, -0.05) is 30.7 Å². The minimum absolute atomic E-state index is 0.679. The lowest BCUT2D eigenvalue weighted by Gasteiger charge is -2.09. The summed E-state index contributed by atoms with van der Waals surface area (Å²) in [6.45, 7) is 6.39. The van der Waals surface area contributed by atoms with E-state index in [2.05, 4.69) is 60.1 Å². The SMILES string of the molecule is CCc1cc(SCc2cc(C)ccc2C)n2ncnc2n1. The maximum Gasteiger partial charge on any atom is 0.253 e.